The fraction of sp³-hybridized carbons (Fsp3) is 0.533. The van der Waals surface area contributed by atoms with Crippen LogP contribution in [-0.4, -0.2) is 34.8 Å². The van der Waals surface area contributed by atoms with Crippen molar-refractivity contribution < 1.29 is 9.59 Å². The van der Waals surface area contributed by atoms with Gasteiger partial charge in [-0.1, -0.05) is 6.07 Å². The van der Waals surface area contributed by atoms with Gasteiger partial charge in [-0.2, -0.15) is 0 Å². The van der Waals surface area contributed by atoms with E-state index in [0.29, 0.717) is 6.54 Å². The summed E-state index contributed by atoms with van der Waals surface area (Å²) >= 11 is 0. The Kier molecular flexibility index (Phi) is 4.37. The summed E-state index contributed by atoms with van der Waals surface area (Å²) < 4.78 is 0. The van der Waals surface area contributed by atoms with Crippen LogP contribution in [0.15, 0.2) is 24.5 Å². The summed E-state index contributed by atoms with van der Waals surface area (Å²) in [5, 5.41) is 2.82. The van der Waals surface area contributed by atoms with Crippen molar-refractivity contribution in [2.45, 2.75) is 33.2 Å². The molecule has 1 aromatic heterocycles. The minimum absolute atomic E-state index is 0.0845. The van der Waals surface area contributed by atoms with Gasteiger partial charge >= 0.3 is 0 Å². The Balaban J connectivity index is 1.94. The number of pyridine rings is 1. The average Bonchev–Trinajstić information content (AvgIpc) is 2.99. The number of nitrogens with zero attached hydrogens (tertiary/aromatic N) is 2. The summed E-state index contributed by atoms with van der Waals surface area (Å²) in [5.41, 5.74) is -0.0997. The molecule has 5 heteroatoms. The van der Waals surface area contributed by atoms with Crippen LogP contribution in [-0.2, 0) is 16.1 Å². The van der Waals surface area contributed by atoms with E-state index < -0.39 is 5.41 Å². The predicted octanol–water partition coefficient (Wildman–Crippen LogP) is 1.35. The van der Waals surface area contributed by atoms with Crippen molar-refractivity contribution in [3.63, 3.8) is 0 Å². The van der Waals surface area contributed by atoms with Crippen LogP contribution in [0.25, 0.3) is 0 Å². The molecule has 2 heterocycles. The molecule has 1 aromatic rings. The normalized spacial score (nSPS) is 15.2. The van der Waals surface area contributed by atoms with E-state index in [1.165, 1.54) is 0 Å². The average molecular weight is 275 g/mol. The lowest BCUT2D eigenvalue weighted by atomic mass is 9.90. The molecule has 0 saturated carbocycles. The second-order valence-corrected chi connectivity index (χ2v) is 5.67. The van der Waals surface area contributed by atoms with Gasteiger partial charge in [0.2, 0.25) is 11.8 Å². The number of likely N-dealkylation sites (tertiary alicyclic amines) is 1. The molecule has 108 valence electrons. The molecule has 0 radical (unpaired) electrons. The van der Waals surface area contributed by atoms with E-state index in [4.69, 9.17) is 0 Å². The third-order valence-electron chi connectivity index (χ3n) is 3.67. The highest BCUT2D eigenvalue weighted by molar-refractivity contribution is 6.04. The summed E-state index contributed by atoms with van der Waals surface area (Å²) in [7, 11) is 0. The number of nitrogens with one attached hydrogen (secondary N) is 1. The molecule has 1 aliphatic rings. The first kappa shape index (κ1) is 14.5. The largest absolute Gasteiger partial charge is 0.351 e. The summed E-state index contributed by atoms with van der Waals surface area (Å²) in [4.78, 5) is 30.4. The van der Waals surface area contributed by atoms with Gasteiger partial charge in [0, 0.05) is 32.0 Å². The fourth-order valence-corrected chi connectivity index (χ4v) is 2.32. The third kappa shape index (κ3) is 3.15. The number of amides is 2. The molecule has 0 spiro atoms. The maximum atomic E-state index is 12.4. The molecule has 2 amide bonds. The van der Waals surface area contributed by atoms with Crippen molar-refractivity contribution in [2.75, 3.05) is 13.1 Å². The molecule has 0 aromatic carbocycles. The van der Waals surface area contributed by atoms with Gasteiger partial charge in [-0.05, 0) is 38.3 Å². The minimum atomic E-state index is -1.02. The van der Waals surface area contributed by atoms with Crippen LogP contribution < -0.4 is 5.32 Å². The summed E-state index contributed by atoms with van der Waals surface area (Å²) in [6.07, 6.45) is 5.44. The number of carbonyl (C=O) groups is 2. The molecule has 0 aliphatic carbocycles. The Hall–Kier alpha value is -1.91. The van der Waals surface area contributed by atoms with E-state index in [0.717, 1.165) is 31.5 Å². The number of aromatic nitrogens is 1. The molecular formula is C15H21N3O2. The Morgan fingerprint density at radius 1 is 1.35 bits per heavy atom. The van der Waals surface area contributed by atoms with Gasteiger partial charge in [0.1, 0.15) is 5.41 Å². The first-order chi connectivity index (χ1) is 9.51. The maximum absolute atomic E-state index is 12.4. The van der Waals surface area contributed by atoms with Crippen molar-refractivity contribution in [3.05, 3.63) is 30.1 Å². The predicted molar refractivity (Wildman–Crippen MR) is 75.7 cm³/mol. The molecular weight excluding hydrogens is 254 g/mol. The van der Waals surface area contributed by atoms with Gasteiger partial charge in [-0.25, -0.2) is 0 Å². The SMILES string of the molecule is CC(C)(C(=O)NCc1cccnc1)C(=O)N1CCCC1. The molecule has 5 nitrogen and oxygen atoms in total. The van der Waals surface area contributed by atoms with E-state index in [2.05, 4.69) is 10.3 Å². The number of hydrogen-bond acceptors (Lipinski definition) is 3. The Morgan fingerprint density at radius 3 is 2.65 bits per heavy atom. The van der Waals surface area contributed by atoms with Gasteiger partial charge in [0.25, 0.3) is 0 Å². The first-order valence-electron chi connectivity index (χ1n) is 6.98. The van der Waals surface area contributed by atoms with E-state index in [1.54, 1.807) is 31.1 Å². The first-order valence-corrected chi connectivity index (χ1v) is 6.98. The van der Waals surface area contributed by atoms with E-state index >= 15 is 0 Å². The van der Waals surface area contributed by atoms with Crippen LogP contribution >= 0.6 is 0 Å². The van der Waals surface area contributed by atoms with Gasteiger partial charge < -0.3 is 10.2 Å². The second kappa shape index (κ2) is 6.03. The van der Waals surface area contributed by atoms with E-state index in [1.807, 2.05) is 12.1 Å². The number of rotatable bonds is 4. The monoisotopic (exact) mass is 275 g/mol. The smallest absolute Gasteiger partial charge is 0.237 e. The van der Waals surface area contributed by atoms with Crippen LogP contribution in [0.1, 0.15) is 32.3 Å². The molecule has 20 heavy (non-hydrogen) atoms. The quantitative estimate of drug-likeness (QED) is 0.844. The molecule has 0 atom stereocenters. The summed E-state index contributed by atoms with van der Waals surface area (Å²) in [6.45, 7) is 5.29. The highest BCUT2D eigenvalue weighted by Gasteiger charge is 2.39. The maximum Gasteiger partial charge on any atom is 0.237 e. The molecule has 0 unspecified atom stereocenters. The van der Waals surface area contributed by atoms with Gasteiger partial charge in [0.05, 0.1) is 0 Å². The zero-order valence-electron chi connectivity index (χ0n) is 12.1. The van der Waals surface area contributed by atoms with E-state index in [9.17, 15) is 9.59 Å². The lowest BCUT2D eigenvalue weighted by molar-refractivity contribution is -0.147. The van der Waals surface area contributed by atoms with Gasteiger partial charge in [-0.15, -0.1) is 0 Å². The highest BCUT2D eigenvalue weighted by atomic mass is 16.2. The fourth-order valence-electron chi connectivity index (χ4n) is 2.32. The van der Waals surface area contributed by atoms with Gasteiger partial charge in [-0.3, -0.25) is 14.6 Å². The van der Waals surface area contributed by atoms with Crippen molar-refractivity contribution >= 4 is 11.8 Å². The Labute approximate surface area is 119 Å². The molecule has 2 rings (SSSR count). The Bertz CT molecular complexity index is 479. The summed E-state index contributed by atoms with van der Waals surface area (Å²) in [5.74, 6) is -0.322. The van der Waals surface area contributed by atoms with Crippen LogP contribution in [0.3, 0.4) is 0 Å². The highest BCUT2D eigenvalue weighted by Crippen LogP contribution is 2.22. The van der Waals surface area contributed by atoms with Crippen molar-refractivity contribution in [3.8, 4) is 0 Å². The third-order valence-corrected chi connectivity index (χ3v) is 3.67. The molecule has 0 bridgehead atoms. The number of carbonyl (C=O) groups excluding carboxylic acids is 2. The lowest BCUT2D eigenvalue weighted by Gasteiger charge is -2.28. The molecule has 1 aliphatic heterocycles. The topological polar surface area (TPSA) is 62.3 Å². The molecule has 1 N–H and O–H groups in total. The Morgan fingerprint density at radius 2 is 2.05 bits per heavy atom. The van der Waals surface area contributed by atoms with Crippen molar-refractivity contribution in [1.82, 2.24) is 15.2 Å². The minimum Gasteiger partial charge on any atom is -0.351 e. The standard InChI is InChI=1S/C15H21N3O2/c1-15(2,14(20)18-8-3-4-9-18)13(19)17-11-12-6-5-7-16-10-12/h5-7,10H,3-4,8-9,11H2,1-2H3,(H,17,19). The molecule has 1 fully saturated rings. The number of hydrogen-bond donors (Lipinski definition) is 1. The summed E-state index contributed by atoms with van der Waals surface area (Å²) in [6, 6.07) is 3.71. The zero-order valence-corrected chi connectivity index (χ0v) is 12.1. The lowest BCUT2D eigenvalue weighted by Crippen LogP contribution is -2.48. The van der Waals surface area contributed by atoms with Gasteiger partial charge in [0.15, 0.2) is 0 Å². The second-order valence-electron chi connectivity index (χ2n) is 5.67. The molecule has 1 saturated heterocycles. The zero-order chi connectivity index (χ0) is 14.6. The van der Waals surface area contributed by atoms with Crippen molar-refractivity contribution in [2.24, 2.45) is 5.41 Å². The van der Waals surface area contributed by atoms with Crippen LogP contribution in [0.4, 0.5) is 0 Å². The van der Waals surface area contributed by atoms with Crippen molar-refractivity contribution in [1.29, 1.82) is 0 Å². The van der Waals surface area contributed by atoms with Crippen LogP contribution in [0, 0.1) is 5.41 Å². The van der Waals surface area contributed by atoms with Crippen LogP contribution in [0.2, 0.25) is 0 Å². The van der Waals surface area contributed by atoms with E-state index in [-0.39, 0.29) is 11.8 Å². The van der Waals surface area contributed by atoms with Crippen LogP contribution in [0.5, 0.6) is 0 Å².